The maximum atomic E-state index is 12.0. The first-order valence-electron chi connectivity index (χ1n) is 9.12. The topological polar surface area (TPSA) is 152 Å². The van der Waals surface area contributed by atoms with Gasteiger partial charge < -0.3 is 26.3 Å². The van der Waals surface area contributed by atoms with Gasteiger partial charge in [0.15, 0.2) is 0 Å². The summed E-state index contributed by atoms with van der Waals surface area (Å²) < 4.78 is 0. The monoisotopic (exact) mass is 414 g/mol. The number of benzene rings is 2. The summed E-state index contributed by atoms with van der Waals surface area (Å²) >= 11 is 0. The molecule has 0 radical (unpaired) electrons. The molecule has 0 atom stereocenters. The lowest BCUT2D eigenvalue weighted by Crippen LogP contribution is -2.51. The maximum absolute atomic E-state index is 12.0. The van der Waals surface area contributed by atoms with E-state index in [1.165, 1.54) is 11.1 Å². The number of nitrogens with zero attached hydrogens (tertiary/aromatic N) is 1. The Bertz CT molecular complexity index is 812. The lowest BCUT2D eigenvalue weighted by atomic mass is 9.69. The van der Waals surface area contributed by atoms with Crippen molar-refractivity contribution in [2.24, 2.45) is 5.73 Å². The van der Waals surface area contributed by atoms with E-state index in [9.17, 15) is 14.4 Å². The molecule has 1 aliphatic heterocycles. The fourth-order valence-corrected chi connectivity index (χ4v) is 3.43. The number of aliphatic carboxylic acids is 2. The minimum absolute atomic E-state index is 0. The van der Waals surface area contributed by atoms with Crippen LogP contribution in [0.2, 0.25) is 0 Å². The number of carboxylic acid groups (broad SMARTS) is 2. The summed E-state index contributed by atoms with van der Waals surface area (Å²) in [6.07, 6.45) is 2.49. The summed E-state index contributed by atoms with van der Waals surface area (Å²) in [5.74, 6) is -2.36. The Hall–Kier alpha value is -3.49. The van der Waals surface area contributed by atoms with Crippen molar-refractivity contribution >= 4 is 17.8 Å². The quantitative estimate of drug-likeness (QED) is 0.629. The first-order chi connectivity index (χ1) is 13.9. The molecule has 30 heavy (non-hydrogen) atoms. The summed E-state index contributed by atoms with van der Waals surface area (Å²) in [7, 11) is 0. The van der Waals surface area contributed by atoms with Gasteiger partial charge in [-0.25, -0.2) is 9.59 Å². The number of hydrogen-bond donors (Lipinski definition) is 3. The molecule has 1 fully saturated rings. The molecule has 1 saturated heterocycles. The molecule has 160 valence electrons. The van der Waals surface area contributed by atoms with Gasteiger partial charge in [0, 0.05) is 30.5 Å². The lowest BCUT2D eigenvalue weighted by molar-refractivity contribution is -0.135. The Morgan fingerprint density at radius 1 is 0.933 bits per heavy atom. The van der Waals surface area contributed by atoms with Crippen LogP contribution in [-0.2, 0) is 19.8 Å². The number of carboxylic acids is 2. The van der Waals surface area contributed by atoms with Crippen LogP contribution in [0.5, 0.6) is 0 Å². The normalized spacial score (nSPS) is 15.0. The van der Waals surface area contributed by atoms with Crippen LogP contribution in [0, 0.1) is 0 Å². The molecule has 0 bridgehead atoms. The molecule has 3 rings (SSSR count). The smallest absolute Gasteiger partial charge is 0.328 e. The number of carbonyl (C=O) groups excluding carboxylic acids is 1. The highest BCUT2D eigenvalue weighted by atomic mass is 16.4. The Balaban J connectivity index is 0.000000431. The average molecular weight is 414 g/mol. The Morgan fingerprint density at radius 2 is 1.37 bits per heavy atom. The van der Waals surface area contributed by atoms with Gasteiger partial charge in [-0.15, -0.1) is 0 Å². The van der Waals surface area contributed by atoms with E-state index in [1.54, 1.807) is 4.90 Å². The molecule has 8 heteroatoms. The molecule has 2 aromatic rings. The Morgan fingerprint density at radius 3 is 1.73 bits per heavy atom. The molecule has 0 spiro atoms. The van der Waals surface area contributed by atoms with E-state index >= 15 is 0 Å². The predicted octanol–water partition coefficient (Wildman–Crippen LogP) is 1.40. The maximum Gasteiger partial charge on any atom is 0.328 e. The van der Waals surface area contributed by atoms with Crippen LogP contribution in [0.15, 0.2) is 72.8 Å². The molecule has 1 heterocycles. The molecule has 0 saturated carbocycles. The summed E-state index contributed by atoms with van der Waals surface area (Å²) in [6, 6.07) is 20.9. The Labute approximate surface area is 174 Å². The molecular formula is C22H26N2O6. The summed E-state index contributed by atoms with van der Waals surface area (Å²) in [4.78, 5) is 32.9. The molecule has 1 amide bonds. The van der Waals surface area contributed by atoms with E-state index < -0.39 is 11.9 Å². The van der Waals surface area contributed by atoms with Gasteiger partial charge in [0.1, 0.15) is 0 Å². The number of amides is 1. The second-order valence-electron chi connectivity index (χ2n) is 6.60. The molecule has 0 aliphatic carbocycles. The van der Waals surface area contributed by atoms with Crippen molar-refractivity contribution in [3.63, 3.8) is 0 Å². The zero-order valence-corrected chi connectivity index (χ0v) is 16.4. The van der Waals surface area contributed by atoms with Gasteiger partial charge in [0.2, 0.25) is 5.91 Å². The largest absolute Gasteiger partial charge is 0.478 e. The highest BCUT2D eigenvalue weighted by molar-refractivity contribution is 5.89. The highest BCUT2D eigenvalue weighted by Gasteiger charge is 2.40. The van der Waals surface area contributed by atoms with Crippen molar-refractivity contribution in [1.82, 2.24) is 4.90 Å². The predicted molar refractivity (Wildman–Crippen MR) is 112 cm³/mol. The SMILES string of the molecule is NCN1CC(c2ccccc2)(c2ccccc2)CCC1=O.O.O=C(O)C=CC(=O)O. The summed E-state index contributed by atoms with van der Waals surface area (Å²) in [5.41, 5.74) is 8.12. The lowest BCUT2D eigenvalue weighted by Gasteiger charge is -2.43. The van der Waals surface area contributed by atoms with Crippen molar-refractivity contribution < 1.29 is 30.1 Å². The molecular weight excluding hydrogens is 388 g/mol. The number of rotatable bonds is 5. The zero-order valence-electron chi connectivity index (χ0n) is 16.4. The van der Waals surface area contributed by atoms with E-state index in [0.717, 1.165) is 6.42 Å². The third-order valence-electron chi connectivity index (χ3n) is 4.82. The van der Waals surface area contributed by atoms with Crippen molar-refractivity contribution in [3.05, 3.63) is 83.9 Å². The number of likely N-dealkylation sites (tertiary alicyclic amines) is 1. The molecule has 0 aromatic heterocycles. The van der Waals surface area contributed by atoms with Crippen molar-refractivity contribution in [1.29, 1.82) is 0 Å². The summed E-state index contributed by atoms with van der Waals surface area (Å²) in [5, 5.41) is 15.6. The van der Waals surface area contributed by atoms with Crippen LogP contribution in [-0.4, -0.2) is 51.6 Å². The fourth-order valence-electron chi connectivity index (χ4n) is 3.43. The average Bonchev–Trinajstić information content (AvgIpc) is 2.74. The highest BCUT2D eigenvalue weighted by Crippen LogP contribution is 2.40. The van der Waals surface area contributed by atoms with Gasteiger partial charge >= 0.3 is 11.9 Å². The van der Waals surface area contributed by atoms with Crippen molar-refractivity contribution in [2.75, 3.05) is 13.2 Å². The standard InChI is InChI=1S/C18H20N2O.C4H4O4.H2O/c19-14-20-13-18(12-11-17(20)21,15-7-3-1-4-8-15)16-9-5-2-6-10-16;5-3(6)1-2-4(7)8;/h1-10H,11-14,19H2;1-2H,(H,5,6)(H,7,8);1H2. The Kier molecular flexibility index (Phi) is 9.41. The van der Waals surface area contributed by atoms with E-state index in [1.807, 2.05) is 12.1 Å². The minimum atomic E-state index is -1.26. The van der Waals surface area contributed by atoms with Crippen LogP contribution in [0.25, 0.3) is 0 Å². The van der Waals surface area contributed by atoms with Crippen LogP contribution >= 0.6 is 0 Å². The fraction of sp³-hybridized carbons (Fsp3) is 0.227. The molecule has 1 aliphatic rings. The second kappa shape index (κ2) is 11.5. The first kappa shape index (κ1) is 24.5. The zero-order chi connectivity index (χ0) is 21.3. The third-order valence-corrected chi connectivity index (χ3v) is 4.82. The van der Waals surface area contributed by atoms with Gasteiger partial charge in [-0.05, 0) is 17.5 Å². The number of piperidine rings is 1. The van der Waals surface area contributed by atoms with E-state index in [-0.39, 0.29) is 23.5 Å². The molecule has 0 unspecified atom stereocenters. The molecule has 8 nitrogen and oxygen atoms in total. The van der Waals surface area contributed by atoms with Crippen LogP contribution in [0.4, 0.5) is 0 Å². The van der Waals surface area contributed by atoms with Gasteiger partial charge in [-0.2, -0.15) is 0 Å². The first-order valence-corrected chi connectivity index (χ1v) is 9.12. The summed E-state index contributed by atoms with van der Waals surface area (Å²) in [6.45, 7) is 0.927. The van der Waals surface area contributed by atoms with Gasteiger partial charge in [-0.1, -0.05) is 60.7 Å². The van der Waals surface area contributed by atoms with E-state index in [0.29, 0.717) is 25.1 Å². The van der Waals surface area contributed by atoms with Crippen molar-refractivity contribution in [3.8, 4) is 0 Å². The van der Waals surface area contributed by atoms with E-state index in [2.05, 4.69) is 48.5 Å². The van der Waals surface area contributed by atoms with Crippen molar-refractivity contribution in [2.45, 2.75) is 18.3 Å². The molecule has 2 aromatic carbocycles. The van der Waals surface area contributed by atoms with Gasteiger partial charge in [0.05, 0.1) is 6.67 Å². The molecule has 6 N–H and O–H groups in total. The van der Waals surface area contributed by atoms with E-state index in [4.69, 9.17) is 15.9 Å². The van der Waals surface area contributed by atoms with Crippen LogP contribution in [0.3, 0.4) is 0 Å². The number of carbonyl (C=O) groups is 3. The minimum Gasteiger partial charge on any atom is -0.478 e. The second-order valence-corrected chi connectivity index (χ2v) is 6.60. The number of hydrogen-bond acceptors (Lipinski definition) is 4. The number of nitrogens with two attached hydrogens (primary N) is 1. The third kappa shape index (κ3) is 6.26. The van der Waals surface area contributed by atoms with Gasteiger partial charge in [0.25, 0.3) is 0 Å². The van der Waals surface area contributed by atoms with Crippen LogP contribution < -0.4 is 5.73 Å². The van der Waals surface area contributed by atoms with Gasteiger partial charge in [-0.3, -0.25) is 4.79 Å². The van der Waals surface area contributed by atoms with Crippen LogP contribution in [0.1, 0.15) is 24.0 Å².